The summed E-state index contributed by atoms with van der Waals surface area (Å²) in [4.78, 5) is 19.2. The lowest BCUT2D eigenvalue weighted by molar-refractivity contribution is -0.129. The van der Waals surface area contributed by atoms with Crippen LogP contribution >= 0.6 is 0 Å². The van der Waals surface area contributed by atoms with Gasteiger partial charge >= 0.3 is 0 Å². The molecular weight excluding hydrogens is 330 g/mol. The second-order valence-electron chi connectivity index (χ2n) is 6.67. The van der Waals surface area contributed by atoms with Crippen LogP contribution in [-0.2, 0) is 23.0 Å². The SMILES string of the molecule is CO[C@@H]1CN(C(=O)Cc2cccc3cccnc23)C[C@H]1c1cn(C)nn1. The largest absolute Gasteiger partial charge is 0.379 e. The number of ether oxygens (including phenoxy) is 1. The summed E-state index contributed by atoms with van der Waals surface area (Å²) >= 11 is 0. The Morgan fingerprint density at radius 3 is 2.88 bits per heavy atom. The van der Waals surface area contributed by atoms with Gasteiger partial charge in [-0.15, -0.1) is 5.10 Å². The van der Waals surface area contributed by atoms with Crippen LogP contribution in [0.1, 0.15) is 17.2 Å². The van der Waals surface area contributed by atoms with E-state index in [-0.39, 0.29) is 17.9 Å². The standard InChI is InChI=1S/C19H21N5O2/c1-23-11-16(21-22-23)15-10-24(12-17(15)26-2)18(25)9-14-6-3-5-13-7-4-8-20-19(13)14/h3-8,11,15,17H,9-10,12H2,1-2H3/t15-,17+/m0/s1. The number of fused-ring (bicyclic) bond motifs is 1. The number of nitrogens with zero attached hydrogens (tertiary/aromatic N) is 5. The van der Waals surface area contributed by atoms with E-state index in [1.807, 2.05) is 48.5 Å². The molecule has 1 aliphatic rings. The van der Waals surface area contributed by atoms with Crippen molar-refractivity contribution in [1.82, 2.24) is 24.9 Å². The molecule has 0 radical (unpaired) electrons. The van der Waals surface area contributed by atoms with Crippen LogP contribution in [0.15, 0.2) is 42.7 Å². The van der Waals surface area contributed by atoms with Gasteiger partial charge in [-0.2, -0.15) is 0 Å². The molecule has 3 aromatic rings. The molecule has 0 saturated carbocycles. The number of carbonyl (C=O) groups excluding carboxylic acids is 1. The smallest absolute Gasteiger partial charge is 0.227 e. The molecule has 3 heterocycles. The highest BCUT2D eigenvalue weighted by atomic mass is 16.5. The van der Waals surface area contributed by atoms with Crippen molar-refractivity contribution in [2.24, 2.45) is 7.05 Å². The lowest BCUT2D eigenvalue weighted by Crippen LogP contribution is -2.31. The van der Waals surface area contributed by atoms with E-state index in [2.05, 4.69) is 15.3 Å². The topological polar surface area (TPSA) is 73.1 Å². The second-order valence-corrected chi connectivity index (χ2v) is 6.67. The first kappa shape index (κ1) is 16.7. The summed E-state index contributed by atoms with van der Waals surface area (Å²) in [5.41, 5.74) is 2.70. The number of amides is 1. The molecule has 1 saturated heterocycles. The third kappa shape index (κ3) is 3.06. The van der Waals surface area contributed by atoms with Crippen molar-refractivity contribution in [2.45, 2.75) is 18.4 Å². The molecule has 2 atom stereocenters. The molecule has 1 aliphatic heterocycles. The number of likely N-dealkylation sites (tertiary alicyclic amines) is 1. The van der Waals surface area contributed by atoms with E-state index in [0.717, 1.165) is 22.2 Å². The van der Waals surface area contributed by atoms with E-state index in [9.17, 15) is 4.79 Å². The van der Waals surface area contributed by atoms with Gasteiger partial charge in [0.1, 0.15) is 0 Å². The van der Waals surface area contributed by atoms with Gasteiger partial charge in [-0.05, 0) is 11.6 Å². The number of hydrogen-bond donors (Lipinski definition) is 0. The predicted octanol–water partition coefficient (Wildman–Crippen LogP) is 1.55. The summed E-state index contributed by atoms with van der Waals surface area (Å²) in [5.74, 6) is 0.125. The van der Waals surface area contributed by atoms with E-state index in [1.165, 1.54) is 0 Å². The number of rotatable bonds is 4. The third-order valence-electron chi connectivity index (χ3n) is 4.98. The fraction of sp³-hybridized carbons (Fsp3) is 0.368. The Hall–Kier alpha value is -2.80. The van der Waals surface area contributed by atoms with Gasteiger partial charge in [0, 0.05) is 45.0 Å². The highest BCUT2D eigenvalue weighted by Crippen LogP contribution is 2.29. The molecule has 7 nitrogen and oxygen atoms in total. The maximum Gasteiger partial charge on any atom is 0.227 e. The zero-order chi connectivity index (χ0) is 18.1. The molecule has 0 spiro atoms. The monoisotopic (exact) mass is 351 g/mol. The molecule has 134 valence electrons. The van der Waals surface area contributed by atoms with Gasteiger partial charge in [0.2, 0.25) is 5.91 Å². The molecule has 4 rings (SSSR count). The van der Waals surface area contributed by atoms with E-state index in [4.69, 9.17) is 4.74 Å². The van der Waals surface area contributed by atoms with Crippen LogP contribution in [0, 0.1) is 0 Å². The summed E-state index contributed by atoms with van der Waals surface area (Å²) in [6.07, 6.45) is 3.91. The minimum atomic E-state index is -0.0682. The van der Waals surface area contributed by atoms with Crippen LogP contribution in [0.5, 0.6) is 0 Å². The molecule has 0 unspecified atom stereocenters. The van der Waals surface area contributed by atoms with Crippen molar-refractivity contribution in [2.75, 3.05) is 20.2 Å². The lowest BCUT2D eigenvalue weighted by Gasteiger charge is -2.16. The maximum atomic E-state index is 12.9. The first-order chi connectivity index (χ1) is 12.7. The summed E-state index contributed by atoms with van der Waals surface area (Å²) < 4.78 is 7.28. The van der Waals surface area contributed by atoms with Crippen molar-refractivity contribution in [3.63, 3.8) is 0 Å². The van der Waals surface area contributed by atoms with Gasteiger partial charge in [-0.25, -0.2) is 0 Å². The van der Waals surface area contributed by atoms with Gasteiger partial charge in [0.25, 0.3) is 0 Å². The Balaban J connectivity index is 1.53. The number of benzene rings is 1. The number of aryl methyl sites for hydroxylation is 1. The highest BCUT2D eigenvalue weighted by molar-refractivity contribution is 5.87. The first-order valence-corrected chi connectivity index (χ1v) is 8.65. The van der Waals surface area contributed by atoms with E-state index < -0.39 is 0 Å². The summed E-state index contributed by atoms with van der Waals surface area (Å²) in [6, 6.07) is 9.87. The zero-order valence-corrected chi connectivity index (χ0v) is 14.9. The van der Waals surface area contributed by atoms with Crippen LogP contribution in [0.4, 0.5) is 0 Å². The maximum absolute atomic E-state index is 12.9. The Morgan fingerprint density at radius 1 is 1.27 bits per heavy atom. The molecule has 0 aliphatic carbocycles. The number of pyridine rings is 1. The van der Waals surface area contributed by atoms with E-state index in [1.54, 1.807) is 18.0 Å². The Bertz CT molecular complexity index is 933. The summed E-state index contributed by atoms with van der Waals surface area (Å²) in [7, 11) is 3.51. The predicted molar refractivity (Wildman–Crippen MR) is 96.6 cm³/mol. The van der Waals surface area contributed by atoms with Gasteiger partial charge in [-0.1, -0.05) is 29.5 Å². The van der Waals surface area contributed by atoms with Crippen LogP contribution in [-0.4, -0.2) is 57.1 Å². The average Bonchev–Trinajstić information content (AvgIpc) is 3.28. The Kier molecular flexibility index (Phi) is 4.38. The van der Waals surface area contributed by atoms with Gasteiger partial charge in [-0.3, -0.25) is 14.5 Å². The van der Waals surface area contributed by atoms with Crippen molar-refractivity contribution in [1.29, 1.82) is 0 Å². The van der Waals surface area contributed by atoms with Crippen molar-refractivity contribution in [3.8, 4) is 0 Å². The number of hydrogen-bond acceptors (Lipinski definition) is 5. The van der Waals surface area contributed by atoms with Gasteiger partial charge in [0.15, 0.2) is 0 Å². The highest BCUT2D eigenvalue weighted by Gasteiger charge is 2.37. The molecule has 26 heavy (non-hydrogen) atoms. The molecule has 0 bridgehead atoms. The van der Waals surface area contributed by atoms with Crippen molar-refractivity contribution >= 4 is 16.8 Å². The quantitative estimate of drug-likeness (QED) is 0.713. The summed E-state index contributed by atoms with van der Waals surface area (Å²) in [6.45, 7) is 1.16. The van der Waals surface area contributed by atoms with E-state index in [0.29, 0.717) is 19.5 Å². The molecule has 1 amide bonds. The van der Waals surface area contributed by atoms with Crippen molar-refractivity contribution < 1.29 is 9.53 Å². The van der Waals surface area contributed by atoms with Crippen LogP contribution in [0.25, 0.3) is 10.9 Å². The van der Waals surface area contributed by atoms with E-state index >= 15 is 0 Å². The van der Waals surface area contributed by atoms with Gasteiger partial charge < -0.3 is 9.64 Å². The molecule has 0 N–H and O–H groups in total. The lowest BCUT2D eigenvalue weighted by atomic mass is 10.0. The van der Waals surface area contributed by atoms with Crippen LogP contribution in [0.3, 0.4) is 0 Å². The summed E-state index contributed by atoms with van der Waals surface area (Å²) in [5, 5.41) is 9.25. The van der Waals surface area contributed by atoms with Crippen LogP contribution < -0.4 is 0 Å². The fourth-order valence-corrected chi connectivity index (χ4v) is 3.62. The second kappa shape index (κ2) is 6.84. The number of aromatic nitrogens is 4. The molecule has 7 heteroatoms. The normalized spacial score (nSPS) is 20.0. The molecule has 1 aromatic carbocycles. The number of carbonyl (C=O) groups is 1. The molecular formula is C19H21N5O2. The fourth-order valence-electron chi connectivity index (χ4n) is 3.62. The Labute approximate surface area is 151 Å². The molecule has 1 fully saturated rings. The first-order valence-electron chi connectivity index (χ1n) is 8.65. The number of methoxy groups -OCH3 is 1. The molecule has 2 aromatic heterocycles. The van der Waals surface area contributed by atoms with Crippen LogP contribution in [0.2, 0.25) is 0 Å². The van der Waals surface area contributed by atoms with Gasteiger partial charge in [0.05, 0.1) is 29.7 Å². The number of para-hydroxylation sites is 1. The zero-order valence-electron chi connectivity index (χ0n) is 14.9. The average molecular weight is 351 g/mol. The van der Waals surface area contributed by atoms with Crippen molar-refractivity contribution in [3.05, 3.63) is 54.0 Å². The minimum absolute atomic E-state index is 0.0447. The minimum Gasteiger partial charge on any atom is -0.379 e. The Morgan fingerprint density at radius 2 is 2.12 bits per heavy atom. The third-order valence-corrected chi connectivity index (χ3v) is 4.98.